The number of rotatable bonds is 2. The maximum Gasteiger partial charge on any atom is 0.165 e. The summed E-state index contributed by atoms with van der Waals surface area (Å²) in [4.78, 5) is 0. The molecule has 0 amide bonds. The van der Waals surface area contributed by atoms with E-state index in [-0.39, 0.29) is 0 Å². The minimum atomic E-state index is 1.03. The molecule has 0 aliphatic carbocycles. The van der Waals surface area contributed by atoms with E-state index in [1.807, 2.05) is 41.8 Å². The molecular weight excluding hydrogens is 208 g/mol. The fourth-order valence-corrected chi connectivity index (χ4v) is 1.92. The first-order chi connectivity index (χ1) is 8.43. The van der Waals surface area contributed by atoms with Gasteiger partial charge in [0, 0.05) is 17.2 Å². The predicted octanol–water partition coefficient (Wildman–Crippen LogP) is 2.01. The Labute approximate surface area is 100 Å². The van der Waals surface area contributed by atoms with Crippen LogP contribution in [0.3, 0.4) is 0 Å². The standard InChI is InChI=1S/C15H12N2/c1-3-7-12(8-4-1)14-11-15(17-16-14)13-9-5-2-6-10-13/h1-11H,(H,16,17)/p+1. The van der Waals surface area contributed by atoms with Gasteiger partial charge in [0.25, 0.3) is 0 Å². The van der Waals surface area contributed by atoms with E-state index >= 15 is 0 Å². The molecule has 17 heavy (non-hydrogen) atoms. The quantitative estimate of drug-likeness (QED) is 0.752. The summed E-state index contributed by atoms with van der Waals surface area (Å²) in [6, 6.07) is 20.6. The molecule has 1 heterocycles. The lowest BCUT2D eigenvalue weighted by atomic mass is 10.1. The third kappa shape index (κ3) is 2.03. The van der Waals surface area contributed by atoms with Gasteiger partial charge in [0.1, 0.15) is 5.71 Å². The van der Waals surface area contributed by atoms with Crippen molar-refractivity contribution in [3.8, 4) is 0 Å². The van der Waals surface area contributed by atoms with Gasteiger partial charge in [-0.1, -0.05) is 53.6 Å². The molecule has 2 heteroatoms. The number of hydrogen-bond acceptors (Lipinski definition) is 1. The number of benzene rings is 2. The van der Waals surface area contributed by atoms with Gasteiger partial charge in [-0.15, -0.1) is 0 Å². The maximum absolute atomic E-state index is 4.46. The fraction of sp³-hybridized carbons (Fsp3) is 0. The van der Waals surface area contributed by atoms with Gasteiger partial charge in [0.15, 0.2) is 5.70 Å². The van der Waals surface area contributed by atoms with Crippen LogP contribution in [0.15, 0.2) is 71.8 Å². The summed E-state index contributed by atoms with van der Waals surface area (Å²) < 4.78 is 0. The summed E-state index contributed by atoms with van der Waals surface area (Å²) in [7, 11) is 0. The first-order valence-electron chi connectivity index (χ1n) is 5.67. The van der Waals surface area contributed by atoms with Gasteiger partial charge < -0.3 is 0 Å². The average molecular weight is 221 g/mol. The van der Waals surface area contributed by atoms with Gasteiger partial charge in [0.05, 0.1) is 0 Å². The molecule has 0 spiro atoms. The zero-order valence-corrected chi connectivity index (χ0v) is 9.38. The molecule has 0 saturated heterocycles. The Hall–Kier alpha value is -2.19. The second-order valence-corrected chi connectivity index (χ2v) is 3.98. The highest BCUT2D eigenvalue weighted by atomic mass is 15.3. The normalized spacial score (nSPS) is 14.4. The lowest BCUT2D eigenvalue weighted by Gasteiger charge is -1.94. The predicted molar refractivity (Wildman–Crippen MR) is 69.3 cm³/mol. The largest absolute Gasteiger partial charge is 0.187 e. The minimum absolute atomic E-state index is 1.03. The molecule has 1 aliphatic heterocycles. The third-order valence-corrected chi connectivity index (χ3v) is 2.81. The van der Waals surface area contributed by atoms with E-state index in [2.05, 4.69) is 35.4 Å². The highest BCUT2D eigenvalue weighted by Crippen LogP contribution is 2.12. The Balaban J connectivity index is 1.91. The van der Waals surface area contributed by atoms with Crippen molar-refractivity contribution in [3.05, 3.63) is 77.9 Å². The number of nitrogens with two attached hydrogens (primary N) is 1. The SMILES string of the molecule is C1=C(c2ccccc2)[NH2+]N=C1c1ccccc1. The van der Waals surface area contributed by atoms with Crippen LogP contribution in [-0.4, -0.2) is 5.71 Å². The van der Waals surface area contributed by atoms with Crippen LogP contribution in [0.2, 0.25) is 0 Å². The Morgan fingerprint density at radius 2 is 1.29 bits per heavy atom. The van der Waals surface area contributed by atoms with Crippen LogP contribution in [0.5, 0.6) is 0 Å². The lowest BCUT2D eigenvalue weighted by Crippen LogP contribution is -2.72. The smallest absolute Gasteiger partial charge is 0.165 e. The summed E-state index contributed by atoms with van der Waals surface area (Å²) in [5.74, 6) is 0. The second kappa shape index (κ2) is 4.36. The molecule has 0 radical (unpaired) electrons. The van der Waals surface area contributed by atoms with Crippen molar-refractivity contribution in [1.29, 1.82) is 0 Å². The summed E-state index contributed by atoms with van der Waals surface area (Å²) >= 11 is 0. The molecule has 0 aromatic heterocycles. The number of quaternary nitrogens is 1. The summed E-state index contributed by atoms with van der Waals surface area (Å²) in [6.07, 6.45) is 2.13. The number of nitrogens with zero attached hydrogens (tertiary/aromatic N) is 1. The monoisotopic (exact) mass is 221 g/mol. The molecule has 1 aliphatic rings. The van der Waals surface area contributed by atoms with Gasteiger partial charge in [-0.25, -0.2) is 0 Å². The molecule has 82 valence electrons. The summed E-state index contributed by atoms with van der Waals surface area (Å²) in [5.41, 5.74) is 6.50. The molecule has 3 rings (SSSR count). The Kier molecular flexibility index (Phi) is 2.56. The van der Waals surface area contributed by atoms with Gasteiger partial charge in [-0.2, -0.15) is 5.43 Å². The second-order valence-electron chi connectivity index (χ2n) is 3.98. The van der Waals surface area contributed by atoms with Crippen LogP contribution in [0, 0.1) is 0 Å². The zero-order valence-electron chi connectivity index (χ0n) is 9.38. The van der Waals surface area contributed by atoms with Gasteiger partial charge >= 0.3 is 0 Å². The van der Waals surface area contributed by atoms with Crippen molar-refractivity contribution in [2.24, 2.45) is 5.10 Å². The molecule has 0 bridgehead atoms. The van der Waals surface area contributed by atoms with Crippen LogP contribution in [0.1, 0.15) is 11.1 Å². The summed E-state index contributed by atoms with van der Waals surface area (Å²) in [5, 5.41) is 4.46. The van der Waals surface area contributed by atoms with E-state index in [1.54, 1.807) is 0 Å². The first-order valence-corrected chi connectivity index (χ1v) is 5.67. The molecule has 2 nitrogen and oxygen atoms in total. The molecular formula is C15H13N2+. The van der Waals surface area contributed by atoms with Crippen LogP contribution < -0.4 is 5.43 Å². The van der Waals surface area contributed by atoms with Crippen molar-refractivity contribution in [3.63, 3.8) is 0 Å². The molecule has 0 atom stereocenters. The highest BCUT2D eigenvalue weighted by molar-refractivity contribution is 6.12. The van der Waals surface area contributed by atoms with E-state index in [1.165, 1.54) is 11.3 Å². The van der Waals surface area contributed by atoms with Gasteiger partial charge in [-0.05, 0) is 12.1 Å². The van der Waals surface area contributed by atoms with Crippen molar-refractivity contribution in [1.82, 2.24) is 0 Å². The zero-order chi connectivity index (χ0) is 11.5. The van der Waals surface area contributed by atoms with Crippen LogP contribution in [0.4, 0.5) is 0 Å². The van der Waals surface area contributed by atoms with E-state index in [9.17, 15) is 0 Å². The first kappa shape index (κ1) is 10.00. The van der Waals surface area contributed by atoms with Crippen molar-refractivity contribution < 1.29 is 5.43 Å². The van der Waals surface area contributed by atoms with Crippen LogP contribution >= 0.6 is 0 Å². The van der Waals surface area contributed by atoms with Crippen molar-refractivity contribution >= 4 is 11.4 Å². The molecule has 0 unspecified atom stereocenters. The molecule has 0 saturated carbocycles. The molecule has 2 aromatic carbocycles. The van der Waals surface area contributed by atoms with Gasteiger partial charge in [-0.3, -0.25) is 0 Å². The van der Waals surface area contributed by atoms with E-state index in [0.29, 0.717) is 0 Å². The van der Waals surface area contributed by atoms with Crippen LogP contribution in [0.25, 0.3) is 5.70 Å². The van der Waals surface area contributed by atoms with E-state index in [0.717, 1.165) is 11.3 Å². The summed E-state index contributed by atoms with van der Waals surface area (Å²) in [6.45, 7) is 0. The van der Waals surface area contributed by atoms with E-state index in [4.69, 9.17) is 0 Å². The van der Waals surface area contributed by atoms with E-state index < -0.39 is 0 Å². The maximum atomic E-state index is 4.46. The topological polar surface area (TPSA) is 29.0 Å². The van der Waals surface area contributed by atoms with Crippen molar-refractivity contribution in [2.75, 3.05) is 0 Å². The fourth-order valence-electron chi connectivity index (χ4n) is 1.92. The number of allylic oxidation sites excluding steroid dienone is 1. The lowest BCUT2D eigenvalue weighted by molar-refractivity contribution is -0.565. The molecule has 2 aromatic rings. The highest BCUT2D eigenvalue weighted by Gasteiger charge is 2.15. The minimum Gasteiger partial charge on any atom is -0.187 e. The Morgan fingerprint density at radius 1 is 0.706 bits per heavy atom. The molecule has 2 N–H and O–H groups in total. The van der Waals surface area contributed by atoms with Crippen molar-refractivity contribution in [2.45, 2.75) is 0 Å². The Bertz CT molecular complexity index is 568. The number of hydrogen-bond donors (Lipinski definition) is 1. The average Bonchev–Trinajstić information content (AvgIpc) is 2.90. The Morgan fingerprint density at radius 3 is 1.94 bits per heavy atom. The molecule has 0 fully saturated rings. The van der Waals surface area contributed by atoms with Crippen LogP contribution in [-0.2, 0) is 0 Å². The third-order valence-electron chi connectivity index (χ3n) is 2.81. The van der Waals surface area contributed by atoms with Gasteiger partial charge in [0.2, 0.25) is 0 Å².